The van der Waals surface area contributed by atoms with E-state index in [2.05, 4.69) is 19.2 Å². The summed E-state index contributed by atoms with van der Waals surface area (Å²) < 4.78 is 24.1. The number of nitrogens with two attached hydrogens (primary N) is 1. The van der Waals surface area contributed by atoms with Crippen LogP contribution in [-0.2, 0) is 17.1 Å². The topological polar surface area (TPSA) is 94.2 Å². The highest BCUT2D eigenvalue weighted by molar-refractivity contribution is 7.89. The lowest BCUT2D eigenvalue weighted by molar-refractivity contribution is 0.0902. The second-order valence-electron chi connectivity index (χ2n) is 6.15. The van der Waals surface area contributed by atoms with Crippen LogP contribution in [0.3, 0.4) is 0 Å². The zero-order chi connectivity index (χ0) is 15.8. The quantitative estimate of drug-likeness (QED) is 0.878. The van der Waals surface area contributed by atoms with Gasteiger partial charge < -0.3 is 9.88 Å². The van der Waals surface area contributed by atoms with Crippen LogP contribution in [0.25, 0.3) is 0 Å². The molecule has 1 aliphatic rings. The van der Waals surface area contributed by atoms with Gasteiger partial charge in [-0.2, -0.15) is 0 Å². The second kappa shape index (κ2) is 5.81. The lowest BCUT2D eigenvalue weighted by Crippen LogP contribution is -2.40. The van der Waals surface area contributed by atoms with Crippen molar-refractivity contribution in [1.29, 1.82) is 0 Å². The summed E-state index contributed by atoms with van der Waals surface area (Å²) in [5, 5.41) is 8.08. The van der Waals surface area contributed by atoms with E-state index in [4.69, 9.17) is 5.14 Å². The molecular weight excluding hydrogens is 290 g/mol. The summed E-state index contributed by atoms with van der Waals surface area (Å²) >= 11 is 0. The molecule has 1 saturated carbocycles. The highest BCUT2D eigenvalue weighted by Crippen LogP contribution is 2.29. The van der Waals surface area contributed by atoms with Gasteiger partial charge in [0.1, 0.15) is 10.6 Å². The molecule has 0 aliphatic heterocycles. The Bertz CT molecular complexity index is 636. The van der Waals surface area contributed by atoms with Crippen LogP contribution in [0.1, 0.15) is 43.6 Å². The van der Waals surface area contributed by atoms with Crippen molar-refractivity contribution in [1.82, 2.24) is 9.88 Å². The predicted molar refractivity (Wildman–Crippen MR) is 80.2 cm³/mol. The zero-order valence-electron chi connectivity index (χ0n) is 12.7. The molecule has 7 heteroatoms. The van der Waals surface area contributed by atoms with Crippen molar-refractivity contribution in [2.75, 3.05) is 0 Å². The van der Waals surface area contributed by atoms with Gasteiger partial charge in [0, 0.05) is 19.3 Å². The number of nitrogens with zero attached hydrogens (tertiary/aromatic N) is 1. The van der Waals surface area contributed by atoms with Gasteiger partial charge in [0.2, 0.25) is 10.0 Å². The van der Waals surface area contributed by atoms with E-state index < -0.39 is 10.0 Å². The molecular formula is C14H23N3O3S. The third-order valence-electron chi connectivity index (χ3n) is 4.47. The maximum atomic E-state index is 12.3. The Morgan fingerprint density at radius 2 is 2.00 bits per heavy atom. The average molecular weight is 313 g/mol. The van der Waals surface area contributed by atoms with Crippen molar-refractivity contribution in [3.8, 4) is 0 Å². The largest absolute Gasteiger partial charge is 0.348 e. The van der Waals surface area contributed by atoms with Crippen molar-refractivity contribution < 1.29 is 13.2 Å². The lowest BCUT2D eigenvalue weighted by Gasteiger charge is -2.32. The lowest BCUT2D eigenvalue weighted by atomic mass is 9.79. The average Bonchev–Trinajstić information content (AvgIpc) is 2.76. The molecule has 1 amide bonds. The molecule has 3 unspecified atom stereocenters. The maximum Gasteiger partial charge on any atom is 0.268 e. The first-order valence-electron chi connectivity index (χ1n) is 7.18. The van der Waals surface area contributed by atoms with Gasteiger partial charge in [0.15, 0.2) is 0 Å². The number of rotatable bonds is 3. The molecule has 1 fully saturated rings. The maximum absolute atomic E-state index is 12.3. The second-order valence-corrected chi connectivity index (χ2v) is 7.72. The van der Waals surface area contributed by atoms with Gasteiger partial charge in [-0.25, -0.2) is 13.6 Å². The van der Waals surface area contributed by atoms with Crippen LogP contribution in [0.2, 0.25) is 0 Å². The van der Waals surface area contributed by atoms with E-state index in [1.165, 1.54) is 16.8 Å². The monoisotopic (exact) mass is 313 g/mol. The summed E-state index contributed by atoms with van der Waals surface area (Å²) in [4.78, 5) is 12.3. The van der Waals surface area contributed by atoms with Crippen molar-refractivity contribution >= 4 is 15.9 Å². The van der Waals surface area contributed by atoms with Crippen molar-refractivity contribution in [2.24, 2.45) is 24.0 Å². The Hall–Kier alpha value is -1.34. The van der Waals surface area contributed by atoms with Crippen molar-refractivity contribution in [2.45, 2.75) is 44.0 Å². The number of carbonyl (C=O) groups excluding carboxylic acids is 1. The summed E-state index contributed by atoms with van der Waals surface area (Å²) in [6, 6.07) is 1.47. The van der Waals surface area contributed by atoms with Crippen LogP contribution in [0.15, 0.2) is 17.2 Å². The molecule has 1 heterocycles. The van der Waals surface area contributed by atoms with E-state index in [-0.39, 0.29) is 16.8 Å². The highest BCUT2D eigenvalue weighted by Gasteiger charge is 2.26. The number of carbonyl (C=O) groups is 1. The summed E-state index contributed by atoms with van der Waals surface area (Å²) in [5.41, 5.74) is 0.310. The number of nitrogens with one attached hydrogen (secondary N) is 1. The molecule has 1 aromatic rings. The molecule has 2 rings (SSSR count). The number of sulfonamides is 1. The number of aromatic nitrogens is 1. The normalized spacial score (nSPS) is 26.6. The van der Waals surface area contributed by atoms with Crippen LogP contribution in [0, 0.1) is 11.8 Å². The van der Waals surface area contributed by atoms with Gasteiger partial charge in [-0.3, -0.25) is 4.79 Å². The predicted octanol–water partition coefficient (Wildman–Crippen LogP) is 1.23. The minimum Gasteiger partial charge on any atom is -0.348 e. The number of primary sulfonamides is 1. The third kappa shape index (κ3) is 3.65. The van der Waals surface area contributed by atoms with Crippen LogP contribution in [0.4, 0.5) is 0 Å². The molecule has 118 valence electrons. The smallest absolute Gasteiger partial charge is 0.268 e. The van der Waals surface area contributed by atoms with Gasteiger partial charge in [0.25, 0.3) is 5.91 Å². The fourth-order valence-corrected chi connectivity index (χ4v) is 3.43. The molecule has 3 atom stereocenters. The van der Waals surface area contributed by atoms with E-state index in [0.717, 1.165) is 19.3 Å². The minimum atomic E-state index is -3.79. The first-order valence-corrected chi connectivity index (χ1v) is 8.73. The third-order valence-corrected chi connectivity index (χ3v) is 5.35. The zero-order valence-corrected chi connectivity index (χ0v) is 13.5. The van der Waals surface area contributed by atoms with E-state index in [0.29, 0.717) is 17.5 Å². The Balaban J connectivity index is 2.09. The van der Waals surface area contributed by atoms with Gasteiger partial charge in [-0.05, 0) is 37.2 Å². The van der Waals surface area contributed by atoms with Gasteiger partial charge >= 0.3 is 0 Å². The van der Waals surface area contributed by atoms with Crippen LogP contribution in [-0.4, -0.2) is 24.9 Å². The Morgan fingerprint density at radius 1 is 1.33 bits per heavy atom. The van der Waals surface area contributed by atoms with Crippen molar-refractivity contribution in [3.05, 3.63) is 18.0 Å². The Labute approximate surface area is 125 Å². The first-order chi connectivity index (χ1) is 9.68. The Kier molecular flexibility index (Phi) is 4.43. The van der Waals surface area contributed by atoms with Crippen molar-refractivity contribution in [3.63, 3.8) is 0 Å². The summed E-state index contributed by atoms with van der Waals surface area (Å²) in [7, 11) is -2.15. The molecule has 0 aromatic carbocycles. The summed E-state index contributed by atoms with van der Waals surface area (Å²) in [5.74, 6) is 1.01. The van der Waals surface area contributed by atoms with E-state index in [1.807, 2.05) is 0 Å². The first kappa shape index (κ1) is 16.0. The number of amides is 1. The fraction of sp³-hybridized carbons (Fsp3) is 0.643. The van der Waals surface area contributed by atoms with Gasteiger partial charge in [-0.1, -0.05) is 13.8 Å². The SMILES string of the molecule is CC1CCC(NC(=O)c2cc(S(N)(=O)=O)cn2C)CC1C. The Morgan fingerprint density at radius 3 is 2.52 bits per heavy atom. The number of aryl methyl sites for hydroxylation is 1. The van der Waals surface area contributed by atoms with Crippen LogP contribution < -0.4 is 10.5 Å². The summed E-state index contributed by atoms with van der Waals surface area (Å²) in [6.45, 7) is 4.43. The molecule has 1 aliphatic carbocycles. The van der Waals surface area contributed by atoms with Gasteiger partial charge in [0.05, 0.1) is 0 Å². The van der Waals surface area contributed by atoms with E-state index in [1.54, 1.807) is 7.05 Å². The van der Waals surface area contributed by atoms with E-state index >= 15 is 0 Å². The molecule has 0 saturated heterocycles. The highest BCUT2D eigenvalue weighted by atomic mass is 32.2. The minimum absolute atomic E-state index is 0.0409. The standard InChI is InChI=1S/C14H23N3O3S/c1-9-4-5-11(6-10(9)2)16-14(18)13-7-12(8-17(13)3)21(15,19)20/h7-11H,4-6H2,1-3H3,(H,16,18)(H2,15,19,20). The molecule has 0 radical (unpaired) electrons. The fourth-order valence-electron chi connectivity index (χ4n) is 2.85. The molecule has 21 heavy (non-hydrogen) atoms. The van der Waals surface area contributed by atoms with Crippen LogP contribution in [0.5, 0.6) is 0 Å². The molecule has 1 aromatic heterocycles. The summed E-state index contributed by atoms with van der Waals surface area (Å²) in [6.07, 6.45) is 4.38. The molecule has 0 spiro atoms. The van der Waals surface area contributed by atoms with E-state index in [9.17, 15) is 13.2 Å². The van der Waals surface area contributed by atoms with Gasteiger partial charge in [-0.15, -0.1) is 0 Å². The molecule has 3 N–H and O–H groups in total. The number of hydrogen-bond acceptors (Lipinski definition) is 3. The van der Waals surface area contributed by atoms with Crippen LogP contribution >= 0.6 is 0 Å². The number of hydrogen-bond donors (Lipinski definition) is 2. The molecule has 6 nitrogen and oxygen atoms in total. The molecule has 0 bridgehead atoms.